The lowest BCUT2D eigenvalue weighted by Crippen LogP contribution is -2.31. The fourth-order valence-electron chi connectivity index (χ4n) is 6.61. The van der Waals surface area contributed by atoms with Crippen LogP contribution >= 0.6 is 0 Å². The van der Waals surface area contributed by atoms with Crippen LogP contribution in [-0.2, 0) is 32.9 Å². The Bertz CT molecular complexity index is 1790. The van der Waals surface area contributed by atoms with Crippen LogP contribution in [0.5, 0.6) is 0 Å². The van der Waals surface area contributed by atoms with Crippen LogP contribution in [-0.4, -0.2) is 41.5 Å². The summed E-state index contributed by atoms with van der Waals surface area (Å²) in [6, 6.07) is 24.2. The zero-order valence-electron chi connectivity index (χ0n) is 23.9. The van der Waals surface area contributed by atoms with Crippen molar-refractivity contribution in [3.8, 4) is 24.7 Å². The van der Waals surface area contributed by atoms with Crippen LogP contribution < -0.4 is 0 Å². The summed E-state index contributed by atoms with van der Waals surface area (Å²) in [6.07, 6.45) is 10.8. The van der Waals surface area contributed by atoms with E-state index < -0.39 is 5.60 Å². The highest BCUT2D eigenvalue weighted by atomic mass is 16.6. The molecule has 0 bridgehead atoms. The lowest BCUT2D eigenvalue weighted by Gasteiger charge is -2.31. The van der Waals surface area contributed by atoms with Gasteiger partial charge in [0.1, 0.15) is 13.2 Å². The number of terminal acetylenes is 2. The van der Waals surface area contributed by atoms with E-state index in [0.29, 0.717) is 31.9 Å². The number of cyclic esters (lactones) is 1. The largest absolute Gasteiger partial charge is 0.440 e. The van der Waals surface area contributed by atoms with Crippen LogP contribution in [0, 0.1) is 38.5 Å². The van der Waals surface area contributed by atoms with E-state index in [-0.39, 0.29) is 19.2 Å². The van der Waals surface area contributed by atoms with E-state index in [4.69, 9.17) is 27.1 Å². The van der Waals surface area contributed by atoms with Gasteiger partial charge in [-0.3, -0.25) is 0 Å². The van der Waals surface area contributed by atoms with Gasteiger partial charge in [-0.05, 0) is 32.0 Å². The fourth-order valence-corrected chi connectivity index (χ4v) is 6.61. The number of rotatable bonds is 10. The van der Waals surface area contributed by atoms with Crippen LogP contribution in [0.1, 0.15) is 38.4 Å². The van der Waals surface area contributed by atoms with Crippen molar-refractivity contribution in [2.75, 3.05) is 26.4 Å². The van der Waals surface area contributed by atoms with Gasteiger partial charge in [0.2, 0.25) is 0 Å². The molecule has 3 aromatic carbocycles. The maximum Gasteiger partial charge on any atom is 0.340 e. The molecule has 0 saturated heterocycles. The van der Waals surface area contributed by atoms with Gasteiger partial charge in [0.05, 0.1) is 18.8 Å². The fraction of sp³-hybridized carbons (Fsp3) is 0.250. The number of carbonyl (C=O) groups is 1. The standard InChI is InChI=1S/C36H32N2O4/c1-5-21-40-23-19-37-25(3)33(28-14-8-11-17-31(28)37)36(30-16-10-7-13-27(30)35(39)42-36)34-26(4)38(20-24-41-22-6-2)32-18-12-9-15-29(32)34/h1-2,7-18H,19-24H2,3-4H3. The number of nitrogens with zero attached hydrogens (tertiary/aromatic N) is 2. The van der Waals surface area contributed by atoms with E-state index in [9.17, 15) is 4.79 Å². The number of benzene rings is 3. The van der Waals surface area contributed by atoms with E-state index in [1.54, 1.807) is 0 Å². The molecular formula is C36H32N2O4. The number of aromatic nitrogens is 2. The van der Waals surface area contributed by atoms with Crippen molar-refractivity contribution < 1.29 is 19.0 Å². The van der Waals surface area contributed by atoms with Crippen molar-refractivity contribution in [1.29, 1.82) is 0 Å². The number of hydrogen-bond donors (Lipinski definition) is 0. The summed E-state index contributed by atoms with van der Waals surface area (Å²) < 4.78 is 22.5. The van der Waals surface area contributed by atoms with Gasteiger partial charge < -0.3 is 23.3 Å². The molecule has 0 fully saturated rings. The first-order valence-corrected chi connectivity index (χ1v) is 14.1. The smallest absolute Gasteiger partial charge is 0.340 e. The second-order valence-electron chi connectivity index (χ2n) is 10.4. The van der Waals surface area contributed by atoms with Gasteiger partial charge in [0.25, 0.3) is 0 Å². The average Bonchev–Trinajstić information content (AvgIpc) is 3.58. The van der Waals surface area contributed by atoms with Crippen molar-refractivity contribution in [2.24, 2.45) is 0 Å². The van der Waals surface area contributed by atoms with Crippen molar-refractivity contribution in [1.82, 2.24) is 9.13 Å². The summed E-state index contributed by atoms with van der Waals surface area (Å²) in [5.74, 6) is 4.73. The Morgan fingerprint density at radius 1 is 0.738 bits per heavy atom. The molecule has 0 spiro atoms. The van der Waals surface area contributed by atoms with E-state index in [2.05, 4.69) is 59.1 Å². The number of ether oxygens (including phenoxy) is 3. The van der Waals surface area contributed by atoms with E-state index in [1.165, 1.54) is 0 Å². The molecule has 3 heterocycles. The van der Waals surface area contributed by atoms with Crippen LogP contribution in [0.3, 0.4) is 0 Å². The molecule has 0 unspecified atom stereocenters. The van der Waals surface area contributed by atoms with E-state index in [1.807, 2.05) is 48.5 Å². The molecule has 0 saturated carbocycles. The maximum atomic E-state index is 13.7. The molecule has 0 atom stereocenters. The Hall–Kier alpha value is -4.75. The monoisotopic (exact) mass is 556 g/mol. The Balaban J connectivity index is 1.66. The molecule has 2 aromatic heterocycles. The van der Waals surface area contributed by atoms with Crippen molar-refractivity contribution >= 4 is 27.8 Å². The van der Waals surface area contributed by atoms with Crippen molar-refractivity contribution in [3.05, 3.63) is 106 Å². The molecule has 1 aliphatic rings. The molecule has 6 rings (SSSR count). The number of para-hydroxylation sites is 2. The summed E-state index contributed by atoms with van der Waals surface area (Å²) in [6.45, 7) is 6.82. The lowest BCUT2D eigenvalue weighted by molar-refractivity contribution is 0.0255. The van der Waals surface area contributed by atoms with Gasteiger partial charge in [-0.2, -0.15) is 0 Å². The normalized spacial score (nSPS) is 13.7. The first-order chi connectivity index (χ1) is 20.5. The molecule has 210 valence electrons. The minimum atomic E-state index is -1.18. The van der Waals surface area contributed by atoms with E-state index >= 15 is 0 Å². The summed E-state index contributed by atoms with van der Waals surface area (Å²) in [5.41, 5.74) is 6.19. The quantitative estimate of drug-likeness (QED) is 0.121. The van der Waals surface area contributed by atoms with Crippen molar-refractivity contribution in [2.45, 2.75) is 32.5 Å². The number of esters is 1. The minimum Gasteiger partial charge on any atom is -0.440 e. The Labute approximate surface area is 245 Å². The number of fused-ring (bicyclic) bond motifs is 3. The zero-order chi connectivity index (χ0) is 29.3. The molecule has 0 amide bonds. The summed E-state index contributed by atoms with van der Waals surface area (Å²) in [5, 5.41) is 2.04. The van der Waals surface area contributed by atoms with Gasteiger partial charge >= 0.3 is 5.97 Å². The highest BCUT2D eigenvalue weighted by molar-refractivity contribution is 6.01. The minimum absolute atomic E-state index is 0.254. The van der Waals surface area contributed by atoms with Gasteiger partial charge in [0.15, 0.2) is 5.60 Å². The molecule has 42 heavy (non-hydrogen) atoms. The van der Waals surface area contributed by atoms with Crippen LogP contribution in [0.2, 0.25) is 0 Å². The molecule has 6 nitrogen and oxygen atoms in total. The van der Waals surface area contributed by atoms with Crippen molar-refractivity contribution in [3.63, 3.8) is 0 Å². The molecule has 0 aliphatic carbocycles. The third kappa shape index (κ3) is 4.20. The highest BCUT2D eigenvalue weighted by Crippen LogP contribution is 2.53. The topological polar surface area (TPSA) is 54.6 Å². The van der Waals surface area contributed by atoms with Gasteiger partial charge in [-0.15, -0.1) is 12.8 Å². The second kappa shape index (κ2) is 11.3. The SMILES string of the molecule is C#CCOCCn1c(C)c(C2(c3c(C)n(CCOCC#C)c4ccccc34)OC(=O)c3ccccc32)c2ccccc21. The van der Waals surface area contributed by atoms with E-state index in [0.717, 1.165) is 49.9 Å². The predicted octanol–water partition coefficient (Wildman–Crippen LogP) is 5.97. The van der Waals surface area contributed by atoms with Gasteiger partial charge in [-0.1, -0.05) is 66.4 Å². The third-order valence-corrected chi connectivity index (χ3v) is 8.23. The number of hydrogen-bond acceptors (Lipinski definition) is 4. The Morgan fingerprint density at radius 3 is 1.74 bits per heavy atom. The molecule has 1 aliphatic heterocycles. The summed E-state index contributed by atoms with van der Waals surface area (Å²) >= 11 is 0. The summed E-state index contributed by atoms with van der Waals surface area (Å²) in [4.78, 5) is 13.7. The average molecular weight is 557 g/mol. The van der Waals surface area contributed by atoms with Gasteiger partial charge in [-0.25, -0.2) is 4.79 Å². The number of carbonyl (C=O) groups excluding carboxylic acids is 1. The summed E-state index contributed by atoms with van der Waals surface area (Å²) in [7, 11) is 0. The van der Waals surface area contributed by atoms with Gasteiger partial charge in [0, 0.05) is 63.0 Å². The molecule has 0 N–H and O–H groups in total. The Kier molecular flexibility index (Phi) is 7.35. The predicted molar refractivity (Wildman–Crippen MR) is 164 cm³/mol. The van der Waals surface area contributed by atoms with Crippen LogP contribution in [0.4, 0.5) is 0 Å². The van der Waals surface area contributed by atoms with Crippen LogP contribution in [0.15, 0.2) is 72.8 Å². The Morgan fingerprint density at radius 2 is 1.21 bits per heavy atom. The van der Waals surface area contributed by atoms with Crippen LogP contribution in [0.25, 0.3) is 21.8 Å². The highest BCUT2D eigenvalue weighted by Gasteiger charge is 2.53. The third-order valence-electron chi connectivity index (χ3n) is 8.23. The molecular weight excluding hydrogens is 524 g/mol. The zero-order valence-corrected chi connectivity index (χ0v) is 23.9. The lowest BCUT2D eigenvalue weighted by atomic mass is 9.77. The molecule has 0 radical (unpaired) electrons. The molecule has 5 aromatic rings. The first-order valence-electron chi connectivity index (χ1n) is 14.1. The maximum absolute atomic E-state index is 13.7. The first kappa shape index (κ1) is 27.4. The molecule has 6 heteroatoms. The second-order valence-corrected chi connectivity index (χ2v) is 10.4.